The van der Waals surface area contributed by atoms with Crippen LogP contribution < -0.4 is 4.72 Å². The van der Waals surface area contributed by atoms with Crippen molar-refractivity contribution in [1.82, 2.24) is 19.2 Å². The number of nitrogens with zero attached hydrogens (tertiary/aromatic N) is 3. The summed E-state index contributed by atoms with van der Waals surface area (Å²) in [6, 6.07) is -0.716. The lowest BCUT2D eigenvalue weighted by Gasteiger charge is -2.34. The minimum absolute atomic E-state index is 0.151. The third-order valence-corrected chi connectivity index (χ3v) is 6.14. The zero-order valence-electron chi connectivity index (χ0n) is 15.0. The molecule has 1 aromatic rings. The largest absolute Gasteiger partial charge is 0.341 e. The molecule has 0 bridgehead atoms. The van der Waals surface area contributed by atoms with Crippen molar-refractivity contribution in [2.45, 2.75) is 57.5 Å². The standard InChI is InChI=1S/C17H28N4O3S/c1-13(19-25(2,23)24)17(22)20-9-6-15(7-10-20)16-18-8-11-21(16)12-14-4-3-5-14/h8,11,13-15,19H,3-7,9-10,12H2,1-2H3/t13-/m1/s1. The Hall–Kier alpha value is -1.41. The van der Waals surface area contributed by atoms with E-state index in [4.69, 9.17) is 0 Å². The molecule has 1 saturated heterocycles. The van der Waals surface area contributed by atoms with Crippen LogP contribution in [0.5, 0.6) is 0 Å². The fourth-order valence-electron chi connectivity index (χ4n) is 3.79. The molecule has 0 aromatic carbocycles. The summed E-state index contributed by atoms with van der Waals surface area (Å²) in [5, 5.41) is 0. The fourth-order valence-corrected chi connectivity index (χ4v) is 4.54. The SMILES string of the molecule is C[C@@H](NS(C)(=O)=O)C(=O)N1CCC(c2nccn2CC2CCC2)CC1. The Bertz CT molecular complexity index is 703. The molecule has 3 rings (SSSR count). The summed E-state index contributed by atoms with van der Waals surface area (Å²) in [6.45, 7) is 3.95. The minimum Gasteiger partial charge on any atom is -0.341 e. The van der Waals surface area contributed by atoms with Gasteiger partial charge in [-0.1, -0.05) is 6.42 Å². The van der Waals surface area contributed by atoms with Gasteiger partial charge in [0.15, 0.2) is 0 Å². The third kappa shape index (κ3) is 4.61. The highest BCUT2D eigenvalue weighted by Crippen LogP contribution is 2.31. The molecule has 8 heteroatoms. The second-order valence-corrected chi connectivity index (χ2v) is 9.23. The summed E-state index contributed by atoms with van der Waals surface area (Å²) in [5.41, 5.74) is 0. The Kier molecular flexibility index (Phi) is 5.48. The van der Waals surface area contributed by atoms with Crippen molar-refractivity contribution in [3.05, 3.63) is 18.2 Å². The molecule has 2 fully saturated rings. The lowest BCUT2D eigenvalue weighted by atomic mass is 9.85. The molecule has 2 heterocycles. The van der Waals surface area contributed by atoms with E-state index in [-0.39, 0.29) is 5.91 Å². The molecule has 1 atom stereocenters. The Morgan fingerprint density at radius 3 is 2.56 bits per heavy atom. The number of amides is 1. The molecule has 0 unspecified atom stereocenters. The van der Waals surface area contributed by atoms with Gasteiger partial charge in [-0.15, -0.1) is 0 Å². The molecule has 1 amide bonds. The number of nitrogens with one attached hydrogen (secondary N) is 1. The van der Waals surface area contributed by atoms with E-state index >= 15 is 0 Å². The monoisotopic (exact) mass is 368 g/mol. The van der Waals surface area contributed by atoms with Crippen LogP contribution in [-0.2, 0) is 21.4 Å². The second kappa shape index (κ2) is 7.45. The van der Waals surface area contributed by atoms with Gasteiger partial charge in [0, 0.05) is 37.9 Å². The van der Waals surface area contributed by atoms with Crippen LogP contribution in [0, 0.1) is 5.92 Å². The van der Waals surface area contributed by atoms with Gasteiger partial charge in [-0.3, -0.25) is 4.79 Å². The number of likely N-dealkylation sites (tertiary alicyclic amines) is 1. The summed E-state index contributed by atoms with van der Waals surface area (Å²) < 4.78 is 27.3. The van der Waals surface area contributed by atoms with E-state index in [0.29, 0.717) is 19.0 Å². The summed E-state index contributed by atoms with van der Waals surface area (Å²) in [4.78, 5) is 18.7. The van der Waals surface area contributed by atoms with Crippen molar-refractivity contribution in [3.63, 3.8) is 0 Å². The predicted octanol–water partition coefficient (Wildman–Crippen LogP) is 1.33. The highest BCUT2D eigenvalue weighted by atomic mass is 32.2. The summed E-state index contributed by atoms with van der Waals surface area (Å²) in [6.07, 6.45) is 10.7. The number of carbonyl (C=O) groups is 1. The Balaban J connectivity index is 1.55. The van der Waals surface area contributed by atoms with Crippen LogP contribution in [0.25, 0.3) is 0 Å². The van der Waals surface area contributed by atoms with Crippen LogP contribution in [0.2, 0.25) is 0 Å². The molecule has 7 nitrogen and oxygen atoms in total. The number of carbonyl (C=O) groups excluding carboxylic acids is 1. The van der Waals surface area contributed by atoms with E-state index in [0.717, 1.165) is 37.4 Å². The predicted molar refractivity (Wildman–Crippen MR) is 95.6 cm³/mol. The first-order valence-electron chi connectivity index (χ1n) is 9.10. The molecule has 1 aromatic heterocycles. The molecule has 1 aliphatic carbocycles. The van der Waals surface area contributed by atoms with Gasteiger partial charge in [-0.2, -0.15) is 0 Å². The van der Waals surface area contributed by atoms with E-state index < -0.39 is 16.1 Å². The second-order valence-electron chi connectivity index (χ2n) is 7.45. The molecular weight excluding hydrogens is 340 g/mol. The molecular formula is C17H28N4O3S. The lowest BCUT2D eigenvalue weighted by Crippen LogP contribution is -2.49. The van der Waals surface area contributed by atoms with E-state index in [9.17, 15) is 13.2 Å². The van der Waals surface area contributed by atoms with Crippen molar-refractivity contribution in [2.24, 2.45) is 5.92 Å². The molecule has 25 heavy (non-hydrogen) atoms. The number of imidazole rings is 1. The first kappa shape index (κ1) is 18.4. The van der Waals surface area contributed by atoms with Crippen molar-refractivity contribution in [1.29, 1.82) is 0 Å². The Morgan fingerprint density at radius 2 is 2.00 bits per heavy atom. The van der Waals surface area contributed by atoms with Gasteiger partial charge >= 0.3 is 0 Å². The number of aromatic nitrogens is 2. The number of piperidine rings is 1. The van der Waals surface area contributed by atoms with E-state index in [1.807, 2.05) is 6.20 Å². The van der Waals surface area contributed by atoms with Crippen LogP contribution in [0.15, 0.2) is 12.4 Å². The van der Waals surface area contributed by atoms with Crippen molar-refractivity contribution < 1.29 is 13.2 Å². The number of hydrogen-bond donors (Lipinski definition) is 1. The first-order chi connectivity index (χ1) is 11.8. The third-order valence-electron chi connectivity index (χ3n) is 5.36. The maximum Gasteiger partial charge on any atom is 0.240 e. The smallest absolute Gasteiger partial charge is 0.240 e. The number of sulfonamides is 1. The lowest BCUT2D eigenvalue weighted by molar-refractivity contribution is -0.133. The van der Waals surface area contributed by atoms with Crippen LogP contribution in [0.3, 0.4) is 0 Å². The van der Waals surface area contributed by atoms with Crippen LogP contribution >= 0.6 is 0 Å². The van der Waals surface area contributed by atoms with Gasteiger partial charge in [0.05, 0.1) is 12.3 Å². The summed E-state index contributed by atoms with van der Waals surface area (Å²) in [7, 11) is -3.38. The zero-order valence-corrected chi connectivity index (χ0v) is 15.8. The van der Waals surface area contributed by atoms with Gasteiger partial charge in [0.2, 0.25) is 15.9 Å². The van der Waals surface area contributed by atoms with Gasteiger partial charge in [0.1, 0.15) is 5.82 Å². The van der Waals surface area contributed by atoms with Gasteiger partial charge in [-0.25, -0.2) is 18.1 Å². The quantitative estimate of drug-likeness (QED) is 0.821. The number of rotatable bonds is 6. The van der Waals surface area contributed by atoms with Crippen molar-refractivity contribution >= 4 is 15.9 Å². The Labute approximate surface area is 149 Å². The molecule has 0 radical (unpaired) electrons. The van der Waals surface area contributed by atoms with E-state index in [2.05, 4.69) is 20.5 Å². The molecule has 0 spiro atoms. The van der Waals surface area contributed by atoms with Crippen molar-refractivity contribution in [3.8, 4) is 0 Å². The maximum atomic E-state index is 12.4. The fraction of sp³-hybridized carbons (Fsp3) is 0.765. The molecule has 1 aliphatic heterocycles. The van der Waals surface area contributed by atoms with Crippen LogP contribution in [-0.4, -0.2) is 54.2 Å². The van der Waals surface area contributed by atoms with Gasteiger partial charge in [0.25, 0.3) is 0 Å². The normalized spacial score (nSPS) is 21.1. The minimum atomic E-state index is -3.38. The molecule has 140 valence electrons. The van der Waals surface area contributed by atoms with Gasteiger partial charge < -0.3 is 9.47 Å². The summed E-state index contributed by atoms with van der Waals surface area (Å²) in [5.74, 6) is 2.15. The van der Waals surface area contributed by atoms with E-state index in [1.165, 1.54) is 19.3 Å². The average Bonchev–Trinajstić information content (AvgIpc) is 2.97. The van der Waals surface area contributed by atoms with Crippen molar-refractivity contribution in [2.75, 3.05) is 19.3 Å². The first-order valence-corrected chi connectivity index (χ1v) is 11.0. The maximum absolute atomic E-state index is 12.4. The Morgan fingerprint density at radius 1 is 1.32 bits per heavy atom. The highest BCUT2D eigenvalue weighted by Gasteiger charge is 2.30. The summed E-state index contributed by atoms with van der Waals surface area (Å²) >= 11 is 0. The average molecular weight is 369 g/mol. The van der Waals surface area contributed by atoms with Gasteiger partial charge in [-0.05, 0) is 38.5 Å². The van der Waals surface area contributed by atoms with Crippen LogP contribution in [0.1, 0.15) is 50.8 Å². The number of hydrogen-bond acceptors (Lipinski definition) is 4. The molecule has 1 saturated carbocycles. The molecule has 2 aliphatic rings. The topological polar surface area (TPSA) is 84.3 Å². The zero-order chi connectivity index (χ0) is 18.0. The highest BCUT2D eigenvalue weighted by molar-refractivity contribution is 7.88. The molecule has 1 N–H and O–H groups in total. The van der Waals surface area contributed by atoms with Crippen LogP contribution in [0.4, 0.5) is 0 Å². The van der Waals surface area contributed by atoms with E-state index in [1.54, 1.807) is 11.8 Å².